The lowest BCUT2D eigenvalue weighted by Crippen LogP contribution is -2.41. The number of halogens is 7. The average molecular weight is 495 g/mol. The van der Waals surface area contributed by atoms with Crippen LogP contribution in [0.15, 0.2) is 36.4 Å². The minimum atomic E-state index is -5.13. The van der Waals surface area contributed by atoms with Crippen LogP contribution in [0.1, 0.15) is 43.7 Å². The van der Waals surface area contributed by atoms with Gasteiger partial charge in [0, 0.05) is 5.56 Å². The monoisotopic (exact) mass is 494 g/mol. The van der Waals surface area contributed by atoms with Gasteiger partial charge in [0.2, 0.25) is 0 Å². The zero-order chi connectivity index (χ0) is 24.6. The Bertz CT molecular complexity index is 1010. The van der Waals surface area contributed by atoms with Crippen LogP contribution in [0.2, 0.25) is 5.02 Å². The normalized spacial score (nSPS) is 17.1. The Balaban J connectivity index is 2.37. The van der Waals surface area contributed by atoms with Crippen LogP contribution in [0.3, 0.4) is 0 Å². The molecule has 0 saturated heterocycles. The summed E-state index contributed by atoms with van der Waals surface area (Å²) in [6.45, 7) is -0.640. The van der Waals surface area contributed by atoms with Crippen LogP contribution in [0.5, 0.6) is 5.75 Å². The van der Waals surface area contributed by atoms with Gasteiger partial charge in [0.25, 0.3) is 0 Å². The summed E-state index contributed by atoms with van der Waals surface area (Å²) >= 11 is 6.09. The molecule has 1 N–H and O–H groups in total. The van der Waals surface area contributed by atoms with Crippen LogP contribution in [0.25, 0.3) is 11.1 Å². The molecule has 0 heterocycles. The van der Waals surface area contributed by atoms with Crippen molar-refractivity contribution in [2.75, 3.05) is 6.61 Å². The predicted molar refractivity (Wildman–Crippen MR) is 110 cm³/mol. The Kier molecular flexibility index (Phi) is 6.94. The molecule has 0 aliphatic heterocycles. The molecule has 33 heavy (non-hydrogen) atoms. The van der Waals surface area contributed by atoms with Gasteiger partial charge in [-0.2, -0.15) is 26.3 Å². The number of rotatable bonds is 6. The predicted octanol–water partition coefficient (Wildman–Crippen LogP) is 7.50. The fourth-order valence-electron chi connectivity index (χ4n) is 4.46. The van der Waals surface area contributed by atoms with Crippen LogP contribution >= 0.6 is 11.6 Å². The van der Waals surface area contributed by atoms with Crippen molar-refractivity contribution in [3.05, 3.63) is 52.5 Å². The van der Waals surface area contributed by atoms with Crippen LogP contribution < -0.4 is 4.74 Å². The highest BCUT2D eigenvalue weighted by atomic mass is 35.5. The van der Waals surface area contributed by atoms with Gasteiger partial charge in [-0.05, 0) is 42.9 Å². The smallest absolute Gasteiger partial charge is 0.422 e. The maximum atomic E-state index is 14.2. The third-order valence-corrected chi connectivity index (χ3v) is 6.51. The first kappa shape index (κ1) is 25.2. The number of carbonyl (C=O) groups is 1. The quantitative estimate of drug-likeness (QED) is 0.423. The van der Waals surface area contributed by atoms with E-state index in [2.05, 4.69) is 0 Å². The highest BCUT2D eigenvalue weighted by molar-refractivity contribution is 6.33. The van der Waals surface area contributed by atoms with E-state index in [1.807, 2.05) is 0 Å². The number of benzene rings is 2. The minimum Gasteiger partial charge on any atom is -0.482 e. The second-order valence-electron chi connectivity index (χ2n) is 8.25. The molecule has 1 aliphatic rings. The minimum absolute atomic E-state index is 0.140. The van der Waals surface area contributed by atoms with E-state index in [9.17, 15) is 36.2 Å². The van der Waals surface area contributed by atoms with Gasteiger partial charge in [-0.15, -0.1) is 0 Å². The first-order valence-electron chi connectivity index (χ1n) is 10.2. The molecule has 2 aromatic carbocycles. The molecule has 1 aliphatic carbocycles. The van der Waals surface area contributed by atoms with E-state index >= 15 is 0 Å². The number of alkyl halides is 6. The third kappa shape index (κ3) is 5.08. The molecule has 1 unspecified atom stereocenters. The molecular weight excluding hydrogens is 474 g/mol. The van der Waals surface area contributed by atoms with Crippen LogP contribution in [0.4, 0.5) is 26.3 Å². The Labute approximate surface area is 191 Å². The van der Waals surface area contributed by atoms with Gasteiger partial charge in [-0.1, -0.05) is 54.8 Å². The maximum absolute atomic E-state index is 14.2. The summed E-state index contributed by atoms with van der Waals surface area (Å²) in [5.74, 6) is -2.85. The van der Waals surface area contributed by atoms with Crippen molar-refractivity contribution in [3.63, 3.8) is 0 Å². The lowest BCUT2D eigenvalue weighted by Gasteiger charge is -2.35. The molecule has 180 valence electrons. The van der Waals surface area contributed by atoms with E-state index in [-0.39, 0.29) is 11.1 Å². The van der Waals surface area contributed by atoms with E-state index in [0.29, 0.717) is 25.7 Å². The molecule has 0 amide bonds. The topological polar surface area (TPSA) is 46.5 Å². The van der Waals surface area contributed by atoms with E-state index in [4.69, 9.17) is 16.3 Å². The first-order chi connectivity index (χ1) is 15.3. The van der Waals surface area contributed by atoms with Crippen molar-refractivity contribution < 1.29 is 41.0 Å². The fourth-order valence-corrected chi connectivity index (χ4v) is 4.82. The molecule has 10 heteroatoms. The second kappa shape index (κ2) is 9.08. The Morgan fingerprint density at radius 1 is 1.09 bits per heavy atom. The summed E-state index contributed by atoms with van der Waals surface area (Å²) < 4.78 is 86.0. The molecule has 0 radical (unpaired) electrons. The third-order valence-electron chi connectivity index (χ3n) is 6.15. The standard InChI is InChI=1S/C23H21ClF6O3/c1-21(20(31)32,14-9-5-6-10-14)16-11-15(13-7-3-2-4-8-13)19(33-12-22(25,26)27)18(24)17(16)23(28,29)30/h2-4,7-8,11,14H,5-6,9-10,12H2,1H3,(H,31,32). The highest BCUT2D eigenvalue weighted by Crippen LogP contribution is 2.53. The van der Waals surface area contributed by atoms with Crippen LogP contribution in [0, 0.1) is 5.92 Å². The molecule has 0 spiro atoms. The Morgan fingerprint density at radius 3 is 2.15 bits per heavy atom. The molecule has 1 atom stereocenters. The summed E-state index contributed by atoms with van der Waals surface area (Å²) in [6.07, 6.45) is -7.81. The molecule has 1 fully saturated rings. The fraction of sp³-hybridized carbons (Fsp3) is 0.435. The van der Waals surface area contributed by atoms with Crippen molar-refractivity contribution in [2.24, 2.45) is 5.92 Å². The number of ether oxygens (including phenoxy) is 1. The van der Waals surface area contributed by atoms with E-state index in [1.54, 1.807) is 18.2 Å². The van der Waals surface area contributed by atoms with Gasteiger partial charge in [0.1, 0.15) is 5.75 Å². The Hall–Kier alpha value is -2.42. The molecular formula is C23H21ClF6O3. The summed E-state index contributed by atoms with van der Waals surface area (Å²) in [5, 5.41) is 8.99. The zero-order valence-electron chi connectivity index (χ0n) is 17.5. The van der Waals surface area contributed by atoms with Crippen molar-refractivity contribution in [2.45, 2.75) is 50.4 Å². The molecule has 3 rings (SSSR count). The van der Waals surface area contributed by atoms with Crippen molar-refractivity contribution in [3.8, 4) is 16.9 Å². The molecule has 3 nitrogen and oxygen atoms in total. The number of hydrogen-bond acceptors (Lipinski definition) is 2. The molecule has 0 aromatic heterocycles. The van der Waals surface area contributed by atoms with Crippen LogP contribution in [-0.2, 0) is 16.4 Å². The number of carboxylic acid groups (broad SMARTS) is 1. The van der Waals surface area contributed by atoms with Gasteiger partial charge < -0.3 is 9.84 Å². The summed E-state index contributed by atoms with van der Waals surface area (Å²) in [4.78, 5) is 12.4. The summed E-state index contributed by atoms with van der Waals surface area (Å²) in [5.41, 5.74) is -3.93. The average Bonchev–Trinajstić information content (AvgIpc) is 3.25. The summed E-state index contributed by atoms with van der Waals surface area (Å²) in [6, 6.07) is 8.62. The maximum Gasteiger partial charge on any atom is 0.422 e. The molecule has 2 aromatic rings. The van der Waals surface area contributed by atoms with Crippen LogP contribution in [-0.4, -0.2) is 23.9 Å². The first-order valence-corrected chi connectivity index (χ1v) is 10.6. The lowest BCUT2D eigenvalue weighted by molar-refractivity contribution is -0.153. The zero-order valence-corrected chi connectivity index (χ0v) is 18.2. The molecule has 0 bridgehead atoms. The van der Waals surface area contributed by atoms with Gasteiger partial charge >= 0.3 is 18.3 Å². The van der Waals surface area contributed by atoms with Gasteiger partial charge in [0.15, 0.2) is 6.61 Å². The van der Waals surface area contributed by atoms with Crippen molar-refractivity contribution >= 4 is 17.6 Å². The van der Waals surface area contributed by atoms with Gasteiger partial charge in [-0.25, -0.2) is 0 Å². The van der Waals surface area contributed by atoms with Crippen molar-refractivity contribution in [1.82, 2.24) is 0 Å². The largest absolute Gasteiger partial charge is 0.482 e. The number of hydrogen-bond donors (Lipinski definition) is 1. The summed E-state index contributed by atoms with van der Waals surface area (Å²) in [7, 11) is 0. The lowest BCUT2D eigenvalue weighted by atomic mass is 9.68. The number of carboxylic acids is 1. The van der Waals surface area contributed by atoms with E-state index < -0.39 is 58.2 Å². The Morgan fingerprint density at radius 2 is 1.67 bits per heavy atom. The molecule has 1 saturated carbocycles. The number of aliphatic carboxylic acids is 1. The van der Waals surface area contributed by atoms with Gasteiger partial charge in [0.05, 0.1) is 16.0 Å². The van der Waals surface area contributed by atoms with Gasteiger partial charge in [-0.3, -0.25) is 4.79 Å². The van der Waals surface area contributed by atoms with Crippen molar-refractivity contribution in [1.29, 1.82) is 0 Å². The second-order valence-corrected chi connectivity index (χ2v) is 8.62. The van der Waals surface area contributed by atoms with E-state index in [1.165, 1.54) is 19.1 Å². The highest BCUT2D eigenvalue weighted by Gasteiger charge is 2.51. The SMILES string of the molecule is CC(C(=O)O)(c1cc(-c2ccccc2)c(OCC(F)(F)F)c(Cl)c1C(F)(F)F)C1CCCC1. The van der Waals surface area contributed by atoms with E-state index in [0.717, 1.165) is 6.07 Å².